The summed E-state index contributed by atoms with van der Waals surface area (Å²) in [4.78, 5) is 33.5. The standard InChI is InChI=1S/C12H23N3O4/c1-4-8(6-10(16)17)14-11(18)9(5-7(2)3)15-12(13)19/h7-9H,4-6H2,1-3H3,(H,14,18)(H,16,17)(H3,13,15,19). The molecule has 3 amide bonds. The largest absolute Gasteiger partial charge is 0.481 e. The summed E-state index contributed by atoms with van der Waals surface area (Å²) in [5, 5.41) is 13.7. The second kappa shape index (κ2) is 8.34. The van der Waals surface area contributed by atoms with Crippen molar-refractivity contribution >= 4 is 17.9 Å². The van der Waals surface area contributed by atoms with Crippen molar-refractivity contribution in [1.82, 2.24) is 10.6 Å². The molecule has 0 radical (unpaired) electrons. The van der Waals surface area contributed by atoms with Crippen LogP contribution in [0, 0.1) is 5.92 Å². The van der Waals surface area contributed by atoms with Crippen molar-refractivity contribution in [3.8, 4) is 0 Å². The highest BCUT2D eigenvalue weighted by Gasteiger charge is 2.23. The van der Waals surface area contributed by atoms with Crippen molar-refractivity contribution in [2.75, 3.05) is 0 Å². The number of carboxylic acids is 1. The number of hydrogen-bond acceptors (Lipinski definition) is 3. The van der Waals surface area contributed by atoms with Gasteiger partial charge in [0, 0.05) is 6.04 Å². The molecule has 110 valence electrons. The lowest BCUT2D eigenvalue weighted by Gasteiger charge is -2.22. The fourth-order valence-electron chi connectivity index (χ4n) is 1.68. The van der Waals surface area contributed by atoms with Crippen LogP contribution < -0.4 is 16.4 Å². The van der Waals surface area contributed by atoms with Crippen LogP contribution in [0.15, 0.2) is 0 Å². The van der Waals surface area contributed by atoms with Gasteiger partial charge in [0.2, 0.25) is 5.91 Å². The Hall–Kier alpha value is -1.79. The van der Waals surface area contributed by atoms with E-state index in [1.54, 1.807) is 6.92 Å². The second-order valence-electron chi connectivity index (χ2n) is 4.90. The van der Waals surface area contributed by atoms with E-state index in [9.17, 15) is 14.4 Å². The number of nitrogens with two attached hydrogens (primary N) is 1. The van der Waals surface area contributed by atoms with Gasteiger partial charge in [-0.25, -0.2) is 4.79 Å². The first-order valence-corrected chi connectivity index (χ1v) is 6.34. The molecule has 5 N–H and O–H groups in total. The summed E-state index contributed by atoms with van der Waals surface area (Å²) in [7, 11) is 0. The molecule has 7 nitrogen and oxygen atoms in total. The monoisotopic (exact) mass is 273 g/mol. The Bertz CT molecular complexity index is 331. The highest BCUT2D eigenvalue weighted by atomic mass is 16.4. The van der Waals surface area contributed by atoms with Gasteiger partial charge in [-0.2, -0.15) is 0 Å². The van der Waals surface area contributed by atoms with Gasteiger partial charge in [0.15, 0.2) is 0 Å². The first-order chi connectivity index (χ1) is 8.76. The van der Waals surface area contributed by atoms with E-state index in [0.717, 1.165) is 0 Å². The van der Waals surface area contributed by atoms with Crippen molar-refractivity contribution in [2.24, 2.45) is 11.7 Å². The maximum Gasteiger partial charge on any atom is 0.312 e. The predicted octanol–water partition coefficient (Wildman–Crippen LogP) is 0.439. The molecule has 0 aliphatic heterocycles. The topological polar surface area (TPSA) is 122 Å². The first-order valence-electron chi connectivity index (χ1n) is 6.34. The lowest BCUT2D eigenvalue weighted by molar-refractivity contribution is -0.137. The van der Waals surface area contributed by atoms with Crippen LogP contribution in [0.4, 0.5) is 4.79 Å². The van der Waals surface area contributed by atoms with Gasteiger partial charge in [-0.15, -0.1) is 0 Å². The molecule has 0 aliphatic carbocycles. The van der Waals surface area contributed by atoms with Gasteiger partial charge >= 0.3 is 12.0 Å². The number of primary amides is 1. The van der Waals surface area contributed by atoms with E-state index in [-0.39, 0.29) is 12.3 Å². The van der Waals surface area contributed by atoms with Gasteiger partial charge in [-0.05, 0) is 18.8 Å². The molecule has 0 saturated carbocycles. The number of carbonyl (C=O) groups excluding carboxylic acids is 2. The van der Waals surface area contributed by atoms with E-state index >= 15 is 0 Å². The zero-order valence-electron chi connectivity index (χ0n) is 11.6. The first kappa shape index (κ1) is 17.2. The molecule has 0 bridgehead atoms. The van der Waals surface area contributed by atoms with Gasteiger partial charge in [0.1, 0.15) is 6.04 Å². The van der Waals surface area contributed by atoms with Crippen LogP contribution in [0.1, 0.15) is 40.0 Å². The third-order valence-electron chi connectivity index (χ3n) is 2.60. The van der Waals surface area contributed by atoms with Crippen molar-refractivity contribution in [1.29, 1.82) is 0 Å². The molecule has 7 heteroatoms. The zero-order chi connectivity index (χ0) is 15.0. The highest BCUT2D eigenvalue weighted by Crippen LogP contribution is 2.06. The van der Waals surface area contributed by atoms with Crippen molar-refractivity contribution < 1.29 is 19.5 Å². The molecule has 2 atom stereocenters. The molecule has 0 aliphatic rings. The van der Waals surface area contributed by atoms with Crippen LogP contribution >= 0.6 is 0 Å². The van der Waals surface area contributed by atoms with Crippen LogP contribution in [0.25, 0.3) is 0 Å². The molecule has 0 aromatic carbocycles. The molecule has 2 unspecified atom stereocenters. The zero-order valence-corrected chi connectivity index (χ0v) is 11.6. The summed E-state index contributed by atoms with van der Waals surface area (Å²) >= 11 is 0. The molecule has 0 rings (SSSR count). The fraction of sp³-hybridized carbons (Fsp3) is 0.750. The molecular weight excluding hydrogens is 250 g/mol. The summed E-state index contributed by atoms with van der Waals surface area (Å²) in [5.41, 5.74) is 5.03. The van der Waals surface area contributed by atoms with Gasteiger partial charge in [-0.1, -0.05) is 20.8 Å². The Morgan fingerprint density at radius 2 is 1.79 bits per heavy atom. The van der Waals surface area contributed by atoms with Gasteiger partial charge in [0.05, 0.1) is 6.42 Å². The minimum absolute atomic E-state index is 0.146. The number of amides is 3. The average molecular weight is 273 g/mol. The predicted molar refractivity (Wildman–Crippen MR) is 70.4 cm³/mol. The molecule has 0 fully saturated rings. The summed E-state index contributed by atoms with van der Waals surface area (Å²) < 4.78 is 0. The Morgan fingerprint density at radius 1 is 1.21 bits per heavy atom. The average Bonchev–Trinajstić information content (AvgIpc) is 2.25. The van der Waals surface area contributed by atoms with Gasteiger partial charge in [-0.3, -0.25) is 9.59 Å². The molecule has 0 aromatic rings. The Labute approximate surface area is 112 Å². The highest BCUT2D eigenvalue weighted by molar-refractivity contribution is 5.87. The van der Waals surface area contributed by atoms with E-state index in [0.29, 0.717) is 12.8 Å². The molecule has 0 spiro atoms. The van der Waals surface area contributed by atoms with E-state index in [1.165, 1.54) is 0 Å². The number of nitrogens with one attached hydrogen (secondary N) is 2. The molecule has 0 heterocycles. The third-order valence-corrected chi connectivity index (χ3v) is 2.60. The smallest absolute Gasteiger partial charge is 0.312 e. The van der Waals surface area contributed by atoms with E-state index in [4.69, 9.17) is 10.8 Å². The minimum Gasteiger partial charge on any atom is -0.481 e. The molecule has 19 heavy (non-hydrogen) atoms. The third kappa shape index (κ3) is 8.01. The molecule has 0 aromatic heterocycles. The van der Waals surface area contributed by atoms with Crippen molar-refractivity contribution in [3.05, 3.63) is 0 Å². The van der Waals surface area contributed by atoms with Crippen LogP contribution in [0.5, 0.6) is 0 Å². The molecular formula is C12H23N3O4. The normalized spacial score (nSPS) is 13.7. The van der Waals surface area contributed by atoms with Crippen LogP contribution in [-0.2, 0) is 9.59 Å². The number of aliphatic carboxylic acids is 1. The Kier molecular flexibility index (Phi) is 7.55. The lowest BCUT2D eigenvalue weighted by Crippen LogP contribution is -2.51. The summed E-state index contributed by atoms with van der Waals surface area (Å²) in [6.45, 7) is 5.61. The van der Waals surface area contributed by atoms with E-state index in [2.05, 4.69) is 10.6 Å². The van der Waals surface area contributed by atoms with Crippen molar-refractivity contribution in [2.45, 2.75) is 52.1 Å². The van der Waals surface area contributed by atoms with Crippen LogP contribution in [0.2, 0.25) is 0 Å². The minimum atomic E-state index is -0.976. The number of rotatable bonds is 8. The maximum absolute atomic E-state index is 12.0. The van der Waals surface area contributed by atoms with E-state index < -0.39 is 30.0 Å². The molecule has 0 saturated heterocycles. The van der Waals surface area contributed by atoms with Gasteiger partial charge in [0.25, 0.3) is 0 Å². The Morgan fingerprint density at radius 3 is 2.16 bits per heavy atom. The van der Waals surface area contributed by atoms with Crippen LogP contribution in [0.3, 0.4) is 0 Å². The summed E-state index contributed by atoms with van der Waals surface area (Å²) in [6.07, 6.45) is 0.800. The fourth-order valence-corrected chi connectivity index (χ4v) is 1.68. The quantitative estimate of drug-likeness (QED) is 0.512. The number of urea groups is 1. The number of carboxylic acid groups (broad SMARTS) is 1. The second-order valence-corrected chi connectivity index (χ2v) is 4.90. The van der Waals surface area contributed by atoms with E-state index in [1.807, 2.05) is 13.8 Å². The summed E-state index contributed by atoms with van der Waals surface area (Å²) in [5.74, 6) is -1.18. The van der Waals surface area contributed by atoms with Gasteiger partial charge < -0.3 is 21.5 Å². The lowest BCUT2D eigenvalue weighted by atomic mass is 10.0. The van der Waals surface area contributed by atoms with Crippen molar-refractivity contribution in [3.63, 3.8) is 0 Å². The summed E-state index contributed by atoms with van der Waals surface area (Å²) in [6, 6.07) is -1.96. The SMILES string of the molecule is CCC(CC(=O)O)NC(=O)C(CC(C)C)NC(N)=O. The maximum atomic E-state index is 12.0. The number of carbonyl (C=O) groups is 3. The number of hydrogen-bond donors (Lipinski definition) is 4. The Balaban J connectivity index is 4.59. The van der Waals surface area contributed by atoms with Crippen LogP contribution in [-0.4, -0.2) is 35.1 Å².